The molecule has 0 heterocycles. The minimum Gasteiger partial charge on any atom is -0.298 e. The van der Waals surface area contributed by atoms with Crippen LogP contribution < -0.4 is 16.2 Å². The number of thiocarbonyl (C=S) groups is 1. The summed E-state index contributed by atoms with van der Waals surface area (Å²) in [6.45, 7) is 0. The maximum Gasteiger partial charge on any atom is 0.260 e. The minimum absolute atomic E-state index is 0.130. The number of benzene rings is 3. The first-order chi connectivity index (χ1) is 13.0. The van der Waals surface area contributed by atoms with E-state index in [4.69, 9.17) is 12.2 Å². The van der Waals surface area contributed by atoms with E-state index in [1.165, 1.54) is 18.2 Å². The van der Waals surface area contributed by atoms with Gasteiger partial charge in [0, 0.05) is 0 Å². The summed E-state index contributed by atoms with van der Waals surface area (Å²) in [5, 5.41) is 4.22. The highest BCUT2D eigenvalue weighted by atomic mass is 32.1. The van der Waals surface area contributed by atoms with Crippen molar-refractivity contribution in [2.45, 2.75) is 6.42 Å². The van der Waals surface area contributed by atoms with Crippen LogP contribution in [0.15, 0.2) is 66.7 Å². The molecular weight excluding hydrogens is 365 g/mol. The van der Waals surface area contributed by atoms with E-state index >= 15 is 0 Å². The number of hydrogen-bond acceptors (Lipinski definition) is 3. The van der Waals surface area contributed by atoms with E-state index in [0.29, 0.717) is 0 Å². The van der Waals surface area contributed by atoms with Gasteiger partial charge in [0.25, 0.3) is 5.91 Å². The molecule has 0 spiro atoms. The Labute approximate surface area is 160 Å². The van der Waals surface area contributed by atoms with Crippen LogP contribution in [-0.2, 0) is 11.2 Å². The second kappa shape index (κ2) is 8.37. The largest absolute Gasteiger partial charge is 0.298 e. The highest BCUT2D eigenvalue weighted by Gasteiger charge is 2.13. The molecule has 0 aliphatic rings. The Morgan fingerprint density at radius 1 is 0.889 bits per heavy atom. The molecule has 7 heteroatoms. The molecule has 0 aliphatic heterocycles. The van der Waals surface area contributed by atoms with Crippen molar-refractivity contribution >= 4 is 39.9 Å². The van der Waals surface area contributed by atoms with Gasteiger partial charge in [0.2, 0.25) is 5.91 Å². The SMILES string of the molecule is O=C(Cc1cccc2ccccc12)NNC(=S)NC(=O)c1ccccc1F. The summed E-state index contributed by atoms with van der Waals surface area (Å²) >= 11 is 4.95. The molecule has 5 nitrogen and oxygen atoms in total. The van der Waals surface area contributed by atoms with Crippen molar-refractivity contribution in [3.05, 3.63) is 83.7 Å². The van der Waals surface area contributed by atoms with Gasteiger partial charge in [0.1, 0.15) is 5.82 Å². The van der Waals surface area contributed by atoms with Crippen LogP contribution >= 0.6 is 12.2 Å². The molecule has 0 fully saturated rings. The molecule has 27 heavy (non-hydrogen) atoms. The number of fused-ring (bicyclic) bond motifs is 1. The van der Waals surface area contributed by atoms with Gasteiger partial charge in [0.15, 0.2) is 5.11 Å². The lowest BCUT2D eigenvalue weighted by molar-refractivity contribution is -0.121. The first kappa shape index (κ1) is 18.5. The van der Waals surface area contributed by atoms with E-state index in [-0.39, 0.29) is 23.0 Å². The number of carbonyl (C=O) groups is 2. The van der Waals surface area contributed by atoms with Crippen LogP contribution in [0.3, 0.4) is 0 Å². The molecule has 0 aliphatic carbocycles. The highest BCUT2D eigenvalue weighted by Crippen LogP contribution is 2.18. The van der Waals surface area contributed by atoms with Gasteiger partial charge in [-0.1, -0.05) is 54.6 Å². The fraction of sp³-hybridized carbons (Fsp3) is 0.0500. The maximum atomic E-state index is 13.6. The van der Waals surface area contributed by atoms with E-state index in [2.05, 4.69) is 16.2 Å². The summed E-state index contributed by atoms with van der Waals surface area (Å²) in [7, 11) is 0. The smallest absolute Gasteiger partial charge is 0.260 e. The molecule has 0 atom stereocenters. The lowest BCUT2D eigenvalue weighted by Crippen LogP contribution is -2.49. The number of amides is 2. The second-order valence-electron chi connectivity index (χ2n) is 5.75. The Bertz CT molecular complexity index is 1020. The van der Waals surface area contributed by atoms with Crippen molar-refractivity contribution in [3.63, 3.8) is 0 Å². The average Bonchev–Trinajstić information content (AvgIpc) is 2.67. The van der Waals surface area contributed by atoms with Gasteiger partial charge in [-0.25, -0.2) is 4.39 Å². The zero-order valence-corrected chi connectivity index (χ0v) is 15.0. The molecule has 2 amide bonds. The van der Waals surface area contributed by atoms with E-state index in [9.17, 15) is 14.0 Å². The summed E-state index contributed by atoms with van der Waals surface area (Å²) in [5.41, 5.74) is 5.61. The summed E-state index contributed by atoms with van der Waals surface area (Å²) in [5.74, 6) is -1.68. The standard InChI is InChI=1S/C20H16FN3O2S/c21-17-11-4-3-10-16(17)19(26)22-20(27)24-23-18(25)12-14-8-5-7-13-6-1-2-9-15(13)14/h1-11H,12H2,(H,23,25)(H2,22,24,26,27). The summed E-state index contributed by atoms with van der Waals surface area (Å²) in [6.07, 6.45) is 0.137. The van der Waals surface area contributed by atoms with Gasteiger partial charge in [-0.2, -0.15) is 0 Å². The molecule has 3 N–H and O–H groups in total. The Morgan fingerprint density at radius 3 is 2.41 bits per heavy atom. The Balaban J connectivity index is 1.55. The maximum absolute atomic E-state index is 13.6. The second-order valence-corrected chi connectivity index (χ2v) is 6.16. The van der Waals surface area contributed by atoms with Gasteiger partial charge >= 0.3 is 0 Å². The van der Waals surface area contributed by atoms with Gasteiger partial charge in [-0.3, -0.25) is 25.8 Å². The van der Waals surface area contributed by atoms with Crippen molar-refractivity contribution in [3.8, 4) is 0 Å². The molecule has 3 aromatic rings. The molecule has 3 aromatic carbocycles. The zero-order valence-electron chi connectivity index (χ0n) is 14.2. The first-order valence-electron chi connectivity index (χ1n) is 8.16. The number of nitrogens with one attached hydrogen (secondary N) is 3. The molecular formula is C20H16FN3O2S. The number of rotatable bonds is 3. The van der Waals surface area contributed by atoms with Crippen LogP contribution in [0.1, 0.15) is 15.9 Å². The zero-order chi connectivity index (χ0) is 19.2. The number of hydrazine groups is 1. The van der Waals surface area contributed by atoms with Gasteiger partial charge in [-0.15, -0.1) is 0 Å². The van der Waals surface area contributed by atoms with Gasteiger partial charge in [-0.05, 0) is 40.7 Å². The quantitative estimate of drug-likeness (QED) is 0.482. The number of halogens is 1. The molecule has 0 saturated heterocycles. The van der Waals surface area contributed by atoms with Crippen molar-refractivity contribution in [2.24, 2.45) is 0 Å². The predicted molar refractivity (Wildman–Crippen MR) is 105 cm³/mol. The molecule has 0 aromatic heterocycles. The molecule has 0 bridgehead atoms. The molecule has 136 valence electrons. The van der Waals surface area contributed by atoms with Crippen molar-refractivity contribution in [2.75, 3.05) is 0 Å². The molecule has 3 rings (SSSR count). The normalized spacial score (nSPS) is 10.3. The number of carbonyl (C=O) groups excluding carboxylic acids is 2. The third-order valence-corrected chi connectivity index (χ3v) is 4.10. The Morgan fingerprint density at radius 2 is 1.59 bits per heavy atom. The fourth-order valence-corrected chi connectivity index (χ4v) is 2.78. The summed E-state index contributed by atoms with van der Waals surface area (Å²) in [6, 6.07) is 19.0. The summed E-state index contributed by atoms with van der Waals surface area (Å²) < 4.78 is 13.6. The first-order valence-corrected chi connectivity index (χ1v) is 8.57. The van der Waals surface area contributed by atoms with Crippen LogP contribution in [0.25, 0.3) is 10.8 Å². The van der Waals surface area contributed by atoms with Crippen LogP contribution in [0.5, 0.6) is 0 Å². The third-order valence-electron chi connectivity index (χ3n) is 3.89. The van der Waals surface area contributed by atoms with E-state index in [0.717, 1.165) is 16.3 Å². The monoisotopic (exact) mass is 381 g/mol. The molecule has 0 unspecified atom stereocenters. The van der Waals surface area contributed by atoms with Gasteiger partial charge in [0.05, 0.1) is 12.0 Å². The third kappa shape index (κ3) is 4.65. The van der Waals surface area contributed by atoms with Crippen LogP contribution in [-0.4, -0.2) is 16.9 Å². The van der Waals surface area contributed by atoms with E-state index < -0.39 is 11.7 Å². The highest BCUT2D eigenvalue weighted by molar-refractivity contribution is 7.80. The minimum atomic E-state index is -0.700. The Hall–Kier alpha value is -3.32. The number of hydrogen-bond donors (Lipinski definition) is 3. The van der Waals surface area contributed by atoms with E-state index in [1.807, 2.05) is 42.5 Å². The Kier molecular flexibility index (Phi) is 5.73. The molecule has 0 saturated carbocycles. The van der Waals surface area contributed by atoms with Crippen molar-refractivity contribution in [1.29, 1.82) is 0 Å². The lowest BCUT2D eigenvalue weighted by Gasteiger charge is -2.12. The van der Waals surface area contributed by atoms with Crippen LogP contribution in [0, 0.1) is 5.82 Å². The van der Waals surface area contributed by atoms with Crippen LogP contribution in [0.2, 0.25) is 0 Å². The molecule has 0 radical (unpaired) electrons. The van der Waals surface area contributed by atoms with E-state index in [1.54, 1.807) is 6.07 Å². The van der Waals surface area contributed by atoms with Crippen LogP contribution in [0.4, 0.5) is 4.39 Å². The predicted octanol–water partition coefficient (Wildman–Crippen LogP) is 2.86. The van der Waals surface area contributed by atoms with Crippen molar-refractivity contribution < 1.29 is 14.0 Å². The lowest BCUT2D eigenvalue weighted by atomic mass is 10.0. The average molecular weight is 381 g/mol. The fourth-order valence-electron chi connectivity index (χ4n) is 2.64. The topological polar surface area (TPSA) is 70.2 Å². The van der Waals surface area contributed by atoms with Gasteiger partial charge < -0.3 is 0 Å². The van der Waals surface area contributed by atoms with Crippen molar-refractivity contribution in [1.82, 2.24) is 16.2 Å². The summed E-state index contributed by atoms with van der Waals surface area (Å²) in [4.78, 5) is 24.1.